The van der Waals surface area contributed by atoms with Crippen LogP contribution in [0.5, 0.6) is 0 Å². The van der Waals surface area contributed by atoms with E-state index >= 15 is 0 Å². The SMILES string of the molecule is Cc1cc2c(NCCCc3ccc(-c4ccc(C(F)(F)F)cn4)cc3)nc(-c3ccon3)nc2s1. The molecule has 0 radical (unpaired) electrons. The lowest BCUT2D eigenvalue weighted by Gasteiger charge is -2.09. The Kier molecular flexibility index (Phi) is 6.21. The molecule has 4 heterocycles. The van der Waals surface area contributed by atoms with Crippen molar-refractivity contribution < 1.29 is 17.7 Å². The van der Waals surface area contributed by atoms with Gasteiger partial charge in [0.25, 0.3) is 0 Å². The molecule has 0 bridgehead atoms. The van der Waals surface area contributed by atoms with Crippen molar-refractivity contribution in [2.45, 2.75) is 25.9 Å². The van der Waals surface area contributed by atoms with E-state index in [0.717, 1.165) is 57.1 Å². The summed E-state index contributed by atoms with van der Waals surface area (Å²) in [6.07, 6.45) is -0.329. The van der Waals surface area contributed by atoms with E-state index in [1.165, 1.54) is 12.3 Å². The highest BCUT2D eigenvalue weighted by atomic mass is 32.1. The quantitative estimate of drug-likeness (QED) is 0.251. The van der Waals surface area contributed by atoms with Crippen LogP contribution < -0.4 is 5.32 Å². The number of rotatable bonds is 7. The van der Waals surface area contributed by atoms with Crippen LogP contribution in [0, 0.1) is 6.92 Å². The maximum atomic E-state index is 12.7. The van der Waals surface area contributed by atoms with E-state index in [0.29, 0.717) is 23.8 Å². The molecule has 0 saturated carbocycles. The fraction of sp³-hybridized carbons (Fsp3) is 0.200. The van der Waals surface area contributed by atoms with Crippen LogP contribution in [0.25, 0.3) is 33.0 Å². The molecule has 0 saturated heterocycles. The van der Waals surface area contributed by atoms with E-state index in [2.05, 4.69) is 31.5 Å². The number of hydrogen-bond donors (Lipinski definition) is 1. The normalized spacial score (nSPS) is 11.8. The molecule has 1 N–H and O–H groups in total. The summed E-state index contributed by atoms with van der Waals surface area (Å²) >= 11 is 1.60. The third-order valence-electron chi connectivity index (χ3n) is 5.46. The first-order valence-corrected chi connectivity index (χ1v) is 11.7. The third kappa shape index (κ3) is 5.17. The van der Waals surface area contributed by atoms with Crippen molar-refractivity contribution in [1.82, 2.24) is 20.1 Å². The van der Waals surface area contributed by atoms with Gasteiger partial charge in [-0.25, -0.2) is 9.97 Å². The largest absolute Gasteiger partial charge is 0.417 e. The molecule has 0 spiro atoms. The molecular formula is C25H20F3N5OS. The van der Waals surface area contributed by atoms with Crippen LogP contribution in [0.15, 0.2) is 65.5 Å². The average molecular weight is 496 g/mol. The predicted molar refractivity (Wildman–Crippen MR) is 129 cm³/mol. The van der Waals surface area contributed by atoms with Crippen LogP contribution in [0.2, 0.25) is 0 Å². The number of nitrogens with zero attached hydrogens (tertiary/aromatic N) is 4. The Morgan fingerprint density at radius 3 is 2.51 bits per heavy atom. The first-order chi connectivity index (χ1) is 16.9. The molecular weight excluding hydrogens is 475 g/mol. The van der Waals surface area contributed by atoms with Gasteiger partial charge in [0.05, 0.1) is 16.6 Å². The van der Waals surface area contributed by atoms with Gasteiger partial charge in [0.1, 0.15) is 16.9 Å². The summed E-state index contributed by atoms with van der Waals surface area (Å²) in [6.45, 7) is 2.75. The first-order valence-electron chi connectivity index (χ1n) is 10.9. The van der Waals surface area contributed by atoms with Gasteiger partial charge in [-0.15, -0.1) is 11.3 Å². The Hall–Kier alpha value is -3.79. The molecule has 0 aliphatic carbocycles. The van der Waals surface area contributed by atoms with Crippen molar-refractivity contribution in [2.75, 3.05) is 11.9 Å². The Labute approximate surface area is 202 Å². The van der Waals surface area contributed by atoms with Gasteiger partial charge in [-0.3, -0.25) is 4.98 Å². The second-order valence-electron chi connectivity index (χ2n) is 8.01. The molecule has 1 aromatic carbocycles. The van der Waals surface area contributed by atoms with Crippen LogP contribution in [0.1, 0.15) is 22.4 Å². The summed E-state index contributed by atoms with van der Waals surface area (Å²) < 4.78 is 43.1. The average Bonchev–Trinajstić information content (AvgIpc) is 3.51. The molecule has 0 fully saturated rings. The summed E-state index contributed by atoms with van der Waals surface area (Å²) in [4.78, 5) is 15.3. The summed E-state index contributed by atoms with van der Waals surface area (Å²) in [7, 11) is 0. The predicted octanol–water partition coefficient (Wildman–Crippen LogP) is 6.78. The highest BCUT2D eigenvalue weighted by molar-refractivity contribution is 7.18. The minimum atomic E-state index is -4.39. The van der Waals surface area contributed by atoms with Gasteiger partial charge in [0.2, 0.25) is 0 Å². The smallest absolute Gasteiger partial charge is 0.369 e. The van der Waals surface area contributed by atoms with Crippen molar-refractivity contribution in [2.24, 2.45) is 0 Å². The number of nitrogens with one attached hydrogen (secondary N) is 1. The van der Waals surface area contributed by atoms with Gasteiger partial charge in [0.15, 0.2) is 11.5 Å². The topological polar surface area (TPSA) is 76.7 Å². The number of pyridine rings is 1. The van der Waals surface area contributed by atoms with E-state index in [1.807, 2.05) is 31.2 Å². The number of thiophene rings is 1. The summed E-state index contributed by atoms with van der Waals surface area (Å²) in [5.74, 6) is 1.28. The molecule has 0 amide bonds. The molecule has 178 valence electrons. The van der Waals surface area contributed by atoms with Crippen LogP contribution in [-0.4, -0.2) is 26.7 Å². The lowest BCUT2D eigenvalue weighted by atomic mass is 10.0. The monoisotopic (exact) mass is 495 g/mol. The van der Waals surface area contributed by atoms with Crippen molar-refractivity contribution in [3.8, 4) is 22.8 Å². The lowest BCUT2D eigenvalue weighted by Crippen LogP contribution is -2.06. The number of alkyl halides is 3. The summed E-state index contributed by atoms with van der Waals surface area (Å²) in [5, 5.41) is 8.35. The lowest BCUT2D eigenvalue weighted by molar-refractivity contribution is -0.137. The van der Waals surface area contributed by atoms with E-state index < -0.39 is 11.7 Å². The van der Waals surface area contributed by atoms with Crippen LogP contribution >= 0.6 is 11.3 Å². The van der Waals surface area contributed by atoms with Gasteiger partial charge in [-0.05, 0) is 43.5 Å². The summed E-state index contributed by atoms with van der Waals surface area (Å²) in [5.41, 5.74) is 2.25. The Bertz CT molecular complexity index is 1430. The zero-order valence-electron chi connectivity index (χ0n) is 18.6. The van der Waals surface area contributed by atoms with E-state index in [9.17, 15) is 13.2 Å². The molecule has 10 heteroatoms. The van der Waals surface area contributed by atoms with Crippen LogP contribution in [0.4, 0.5) is 19.0 Å². The minimum absolute atomic E-state index is 0.507. The van der Waals surface area contributed by atoms with Crippen molar-refractivity contribution in [1.29, 1.82) is 0 Å². The second-order valence-corrected chi connectivity index (χ2v) is 9.25. The van der Waals surface area contributed by atoms with E-state index in [-0.39, 0.29) is 0 Å². The number of benzene rings is 1. The maximum Gasteiger partial charge on any atom is 0.417 e. The van der Waals surface area contributed by atoms with Gasteiger partial charge >= 0.3 is 6.18 Å². The molecule has 5 rings (SSSR count). The number of aromatic nitrogens is 4. The number of anilines is 1. The van der Waals surface area contributed by atoms with Crippen LogP contribution in [0.3, 0.4) is 0 Å². The standard InChI is InChI=1S/C25H20F3N5OS/c1-15-13-19-22(31-23(32-24(19)35-15)21-10-12-34-33-21)29-11-2-3-16-4-6-17(7-5-16)20-9-8-18(14-30-20)25(26,27)28/h4-10,12-14H,2-3,11H2,1H3,(H,29,31,32). The summed E-state index contributed by atoms with van der Waals surface area (Å²) in [6, 6.07) is 14.0. The molecule has 6 nitrogen and oxygen atoms in total. The zero-order chi connectivity index (χ0) is 24.4. The highest BCUT2D eigenvalue weighted by Crippen LogP contribution is 2.31. The molecule has 0 aliphatic rings. The van der Waals surface area contributed by atoms with Gasteiger partial charge in [-0.2, -0.15) is 13.2 Å². The van der Waals surface area contributed by atoms with Crippen LogP contribution in [-0.2, 0) is 12.6 Å². The zero-order valence-corrected chi connectivity index (χ0v) is 19.5. The van der Waals surface area contributed by atoms with E-state index in [1.54, 1.807) is 17.4 Å². The molecule has 5 aromatic rings. The second kappa shape index (κ2) is 9.46. The first kappa shape index (κ1) is 23.0. The number of hydrogen-bond acceptors (Lipinski definition) is 7. The molecule has 0 aliphatic heterocycles. The van der Waals surface area contributed by atoms with Gasteiger partial charge in [0, 0.05) is 29.2 Å². The number of fused-ring (bicyclic) bond motifs is 1. The minimum Gasteiger partial charge on any atom is -0.369 e. The van der Waals surface area contributed by atoms with E-state index in [4.69, 9.17) is 4.52 Å². The molecule has 35 heavy (non-hydrogen) atoms. The Morgan fingerprint density at radius 2 is 1.83 bits per heavy atom. The number of aryl methyl sites for hydroxylation is 2. The third-order valence-corrected chi connectivity index (χ3v) is 6.40. The van der Waals surface area contributed by atoms with Crippen molar-refractivity contribution in [3.63, 3.8) is 0 Å². The van der Waals surface area contributed by atoms with Gasteiger partial charge < -0.3 is 9.84 Å². The van der Waals surface area contributed by atoms with Crippen molar-refractivity contribution in [3.05, 3.63) is 77.0 Å². The Balaban J connectivity index is 1.22. The maximum absolute atomic E-state index is 12.7. The van der Waals surface area contributed by atoms with Crippen molar-refractivity contribution >= 4 is 27.4 Å². The molecule has 4 aromatic heterocycles. The Morgan fingerprint density at radius 1 is 1.00 bits per heavy atom. The number of halogens is 3. The molecule has 0 atom stereocenters. The fourth-order valence-corrected chi connectivity index (χ4v) is 4.57. The van der Waals surface area contributed by atoms with Gasteiger partial charge in [-0.1, -0.05) is 29.4 Å². The highest BCUT2D eigenvalue weighted by Gasteiger charge is 2.30. The molecule has 0 unspecified atom stereocenters. The fourth-order valence-electron chi connectivity index (χ4n) is 3.69.